The van der Waals surface area contributed by atoms with Gasteiger partial charge in [0.05, 0.1) is 19.3 Å². The number of methoxy groups -OCH3 is 1. The van der Waals surface area contributed by atoms with Gasteiger partial charge in [0, 0.05) is 58.1 Å². The molecule has 0 spiro atoms. The van der Waals surface area contributed by atoms with Crippen molar-refractivity contribution in [3.05, 3.63) is 84.0 Å². The van der Waals surface area contributed by atoms with E-state index in [1.54, 1.807) is 24.8 Å². The first-order valence-corrected chi connectivity index (χ1v) is 19.9. The van der Waals surface area contributed by atoms with E-state index < -0.39 is 16.8 Å². The summed E-state index contributed by atoms with van der Waals surface area (Å²) >= 11 is 0. The summed E-state index contributed by atoms with van der Waals surface area (Å²) in [7, 11) is 1.31. The quantitative estimate of drug-likeness (QED) is 0.148. The zero-order chi connectivity index (χ0) is 45.8. The minimum atomic E-state index is -0.552. The number of ether oxygens (including phenoxy) is 1. The van der Waals surface area contributed by atoms with Crippen molar-refractivity contribution in [3.63, 3.8) is 0 Å². The number of hydrogen-bond donors (Lipinski definition) is 1. The Morgan fingerprint density at radius 1 is 0.627 bits per heavy atom. The highest BCUT2D eigenvalue weighted by molar-refractivity contribution is 6.13. The Balaban J connectivity index is 0.000000409. The second kappa shape index (κ2) is 20.8. The molecule has 12 heteroatoms. The van der Waals surface area contributed by atoms with Gasteiger partial charge in [-0.2, -0.15) is 0 Å². The Hall–Kier alpha value is -5.00. The maximum Gasteiger partial charge on any atom is 0.356 e. The molecule has 4 rings (SSSR count). The Labute approximate surface area is 354 Å². The van der Waals surface area contributed by atoms with Crippen molar-refractivity contribution in [1.29, 1.82) is 0 Å². The van der Waals surface area contributed by atoms with Crippen molar-refractivity contribution in [1.82, 2.24) is 29.9 Å². The number of Topliss-reactive ketones (excluding diaryl/α,β-unsaturated/α-hetero) is 2. The number of nitrogens with zero attached hydrogens (tertiary/aromatic N) is 7. The summed E-state index contributed by atoms with van der Waals surface area (Å²) in [5, 5.41) is 10.4. The fraction of sp³-hybridized carbons (Fsp3) is 0.574. The molecule has 59 heavy (non-hydrogen) atoms. The van der Waals surface area contributed by atoms with Crippen LogP contribution in [0.1, 0.15) is 153 Å². The molecule has 0 radical (unpaired) electrons. The van der Waals surface area contributed by atoms with E-state index in [4.69, 9.17) is 4.99 Å². The molecule has 12 nitrogen and oxygen atoms in total. The first-order valence-electron chi connectivity index (χ1n) is 19.9. The molecule has 0 saturated heterocycles. The monoisotopic (exact) mass is 814 g/mol. The van der Waals surface area contributed by atoms with Crippen LogP contribution < -0.4 is 0 Å². The van der Waals surface area contributed by atoms with Gasteiger partial charge < -0.3 is 9.84 Å². The van der Waals surface area contributed by atoms with E-state index in [1.807, 2.05) is 68.4 Å². The van der Waals surface area contributed by atoms with Crippen LogP contribution in [0, 0.1) is 32.5 Å². The van der Waals surface area contributed by atoms with Crippen molar-refractivity contribution >= 4 is 34.6 Å². The van der Waals surface area contributed by atoms with Crippen LogP contribution in [0.4, 0.5) is 0 Å². The van der Waals surface area contributed by atoms with Crippen LogP contribution in [0.3, 0.4) is 0 Å². The predicted molar refractivity (Wildman–Crippen MR) is 238 cm³/mol. The lowest BCUT2D eigenvalue weighted by Gasteiger charge is -2.30. The van der Waals surface area contributed by atoms with E-state index in [9.17, 15) is 19.5 Å². The van der Waals surface area contributed by atoms with Gasteiger partial charge >= 0.3 is 5.97 Å². The van der Waals surface area contributed by atoms with Crippen LogP contribution in [-0.2, 0) is 14.3 Å². The third kappa shape index (κ3) is 17.4. The molecule has 0 aromatic carbocycles. The first kappa shape index (κ1) is 52.0. The van der Waals surface area contributed by atoms with E-state index in [0.717, 1.165) is 12.2 Å². The normalized spacial score (nSPS) is 13.9. The Morgan fingerprint density at radius 2 is 1.10 bits per heavy atom. The van der Waals surface area contributed by atoms with E-state index in [2.05, 4.69) is 97.0 Å². The molecular weight excluding hydrogens is 743 g/mol. The van der Waals surface area contributed by atoms with Gasteiger partial charge in [0.2, 0.25) is 0 Å². The highest BCUT2D eigenvalue weighted by Gasteiger charge is 2.37. The SMILES string of the molecule is CC(C)(C)C(=O)C(=C(O)c1ccncn1)C(C)(C)C.CC(C)(C)C1=NCC(c2ccncn2)=C1C(C)(C)C.CC(C)(C)CC(=O)C(C)(C)C.COC(=O)c1ccncn1. The van der Waals surface area contributed by atoms with Crippen molar-refractivity contribution in [2.24, 2.45) is 37.5 Å². The lowest BCUT2D eigenvalue weighted by molar-refractivity contribution is -0.128. The standard InChI is InChI=1S/C16H23N3.C15H22N2O2.C10H20O.C6H6N2O2/c1-15(2,3)13-11(12-7-8-17-10-19-12)9-18-14(13)16(4,5)6;1-14(2,3)11(13(19)15(4,5)6)12(18)10-7-8-16-9-17-10;1-9(2,3)7-8(11)10(4,5)6;1-10-6(9)5-2-3-7-4-8-5/h7-8,10H,9H2,1-6H3;7-9,18H,1-6H3;7H2,1-6H3;2-4H,1H3. The molecule has 0 atom stereocenters. The molecular formula is C47H71N7O5. The van der Waals surface area contributed by atoms with Gasteiger partial charge in [-0.15, -0.1) is 0 Å². The highest BCUT2D eigenvalue weighted by Crippen LogP contribution is 2.41. The van der Waals surface area contributed by atoms with Gasteiger partial charge in [0.25, 0.3) is 0 Å². The minimum Gasteiger partial charge on any atom is -0.505 e. The second-order valence-corrected chi connectivity index (χ2v) is 20.8. The second-order valence-electron chi connectivity index (χ2n) is 20.8. The van der Waals surface area contributed by atoms with Crippen LogP contribution in [-0.4, -0.2) is 71.9 Å². The van der Waals surface area contributed by atoms with Gasteiger partial charge in [-0.05, 0) is 40.0 Å². The largest absolute Gasteiger partial charge is 0.505 e. The number of carbonyl (C=O) groups excluding carboxylic acids is 3. The molecule has 3 aromatic heterocycles. The van der Waals surface area contributed by atoms with Gasteiger partial charge in [-0.25, -0.2) is 34.7 Å². The maximum atomic E-state index is 12.6. The van der Waals surface area contributed by atoms with E-state index in [1.165, 1.54) is 48.9 Å². The van der Waals surface area contributed by atoms with Crippen LogP contribution in [0.15, 0.2) is 71.9 Å². The molecule has 0 amide bonds. The zero-order valence-corrected chi connectivity index (χ0v) is 39.3. The lowest BCUT2D eigenvalue weighted by atomic mass is 9.74. The zero-order valence-electron chi connectivity index (χ0n) is 39.3. The molecule has 324 valence electrons. The molecule has 0 unspecified atom stereocenters. The fourth-order valence-electron chi connectivity index (χ4n) is 5.56. The summed E-state index contributed by atoms with van der Waals surface area (Å²) < 4.78 is 4.41. The third-order valence-corrected chi connectivity index (χ3v) is 8.51. The Kier molecular flexibility index (Phi) is 18.3. The number of aliphatic imine (C=N–C) groups is 1. The number of aliphatic hydroxyl groups is 1. The summed E-state index contributed by atoms with van der Waals surface area (Å²) in [6.45, 7) is 37.6. The molecule has 1 aliphatic heterocycles. The van der Waals surface area contributed by atoms with Crippen LogP contribution >= 0.6 is 0 Å². The number of rotatable bonds is 5. The van der Waals surface area contributed by atoms with Crippen molar-refractivity contribution in [2.45, 2.75) is 131 Å². The molecule has 0 saturated carbocycles. The molecule has 1 N–H and O–H groups in total. The fourth-order valence-corrected chi connectivity index (χ4v) is 5.56. The van der Waals surface area contributed by atoms with Crippen molar-refractivity contribution in [3.8, 4) is 0 Å². The van der Waals surface area contributed by atoms with Crippen molar-refractivity contribution < 1.29 is 24.2 Å². The molecule has 3 aromatic rings. The molecule has 0 aliphatic carbocycles. The summed E-state index contributed by atoms with van der Waals surface area (Å²) in [5.41, 5.74) is 4.95. The Bertz CT molecular complexity index is 1870. The molecule has 4 heterocycles. The molecule has 1 aliphatic rings. The summed E-state index contributed by atoms with van der Waals surface area (Å²) in [6.07, 6.45) is 9.76. The highest BCUT2D eigenvalue weighted by atomic mass is 16.5. The summed E-state index contributed by atoms with van der Waals surface area (Å²) in [4.78, 5) is 63.1. The van der Waals surface area contributed by atoms with Crippen LogP contribution in [0.5, 0.6) is 0 Å². The summed E-state index contributed by atoms with van der Waals surface area (Å²) in [6, 6.07) is 5.06. The first-order chi connectivity index (χ1) is 26.7. The van der Waals surface area contributed by atoms with E-state index >= 15 is 0 Å². The van der Waals surface area contributed by atoms with E-state index in [0.29, 0.717) is 23.5 Å². The van der Waals surface area contributed by atoms with Crippen LogP contribution in [0.25, 0.3) is 11.3 Å². The van der Waals surface area contributed by atoms with Gasteiger partial charge in [-0.1, -0.05) is 125 Å². The van der Waals surface area contributed by atoms with Gasteiger partial charge in [0.1, 0.15) is 36.2 Å². The smallest absolute Gasteiger partial charge is 0.356 e. The average molecular weight is 814 g/mol. The van der Waals surface area contributed by atoms with Gasteiger partial charge in [0.15, 0.2) is 11.5 Å². The number of carbonyl (C=O) groups is 3. The van der Waals surface area contributed by atoms with Crippen LogP contribution in [0.2, 0.25) is 0 Å². The molecule has 0 bridgehead atoms. The number of esters is 1. The average Bonchev–Trinajstić information content (AvgIpc) is 3.59. The van der Waals surface area contributed by atoms with Gasteiger partial charge in [-0.3, -0.25) is 14.6 Å². The Morgan fingerprint density at radius 3 is 1.42 bits per heavy atom. The number of allylic oxidation sites excluding steroid dienone is 2. The number of aromatic nitrogens is 6. The molecule has 0 fully saturated rings. The minimum absolute atomic E-state index is 0.0603. The summed E-state index contributed by atoms with van der Waals surface area (Å²) in [5.74, 6) is -0.224. The topological polar surface area (TPSA) is 170 Å². The van der Waals surface area contributed by atoms with Crippen molar-refractivity contribution in [2.75, 3.05) is 13.7 Å². The number of aliphatic hydroxyl groups excluding tert-OH is 1. The number of ketones is 2. The predicted octanol–water partition coefficient (Wildman–Crippen LogP) is 10.5. The maximum absolute atomic E-state index is 12.6. The lowest BCUT2D eigenvalue weighted by Crippen LogP contribution is -2.30. The van der Waals surface area contributed by atoms with E-state index in [-0.39, 0.29) is 38.9 Å². The third-order valence-electron chi connectivity index (χ3n) is 8.51. The number of hydrogen-bond acceptors (Lipinski definition) is 12.